The highest BCUT2D eigenvalue weighted by Crippen LogP contribution is 2.21. The maximum Gasteiger partial charge on any atom is 0.250 e. The first kappa shape index (κ1) is 9.80. The Balaban J connectivity index is 3.33. The fourth-order valence-electron chi connectivity index (χ4n) is 0.835. The van der Waals surface area contributed by atoms with Crippen LogP contribution in [0.1, 0.15) is 15.9 Å². The number of hydrogen-bond acceptors (Lipinski definition) is 1. The van der Waals surface area contributed by atoms with Gasteiger partial charge in [-0.15, -0.1) is 0 Å². The van der Waals surface area contributed by atoms with Crippen LogP contribution in [0, 0.1) is 10.5 Å². The zero-order chi connectivity index (χ0) is 9.30. The summed E-state index contributed by atoms with van der Waals surface area (Å²) in [6, 6.07) is 3.43. The van der Waals surface area contributed by atoms with Crippen LogP contribution in [0.15, 0.2) is 12.1 Å². The number of primary amides is 1. The normalized spacial score (nSPS) is 9.92. The van der Waals surface area contributed by atoms with Gasteiger partial charge in [0.15, 0.2) is 0 Å². The average Bonchev–Trinajstić information content (AvgIpc) is 1.96. The SMILES string of the molecule is Cc1cc(Cl)c(C(N)=O)cc1I. The van der Waals surface area contributed by atoms with Gasteiger partial charge in [0.25, 0.3) is 0 Å². The number of halogens is 2. The van der Waals surface area contributed by atoms with Gasteiger partial charge in [-0.05, 0) is 47.2 Å². The molecule has 0 aliphatic rings. The van der Waals surface area contributed by atoms with E-state index in [1.165, 1.54) is 0 Å². The lowest BCUT2D eigenvalue weighted by Crippen LogP contribution is -2.12. The molecule has 0 heterocycles. The summed E-state index contributed by atoms with van der Waals surface area (Å²) >= 11 is 7.93. The molecule has 4 heteroatoms. The van der Waals surface area contributed by atoms with Crippen LogP contribution in [0.3, 0.4) is 0 Å². The fraction of sp³-hybridized carbons (Fsp3) is 0.125. The Labute approximate surface area is 89.2 Å². The van der Waals surface area contributed by atoms with E-state index in [0.29, 0.717) is 10.6 Å². The summed E-state index contributed by atoms with van der Waals surface area (Å²) in [5.74, 6) is -0.488. The lowest BCUT2D eigenvalue weighted by Gasteiger charge is -2.03. The van der Waals surface area contributed by atoms with E-state index in [1.54, 1.807) is 12.1 Å². The largest absolute Gasteiger partial charge is 0.366 e. The van der Waals surface area contributed by atoms with Gasteiger partial charge in [-0.25, -0.2) is 0 Å². The van der Waals surface area contributed by atoms with Gasteiger partial charge >= 0.3 is 0 Å². The lowest BCUT2D eigenvalue weighted by atomic mass is 10.1. The summed E-state index contributed by atoms with van der Waals surface area (Å²) in [6.07, 6.45) is 0. The van der Waals surface area contributed by atoms with Gasteiger partial charge in [0.1, 0.15) is 0 Å². The van der Waals surface area contributed by atoms with Crippen LogP contribution < -0.4 is 5.73 Å². The van der Waals surface area contributed by atoms with Crippen molar-refractivity contribution in [2.45, 2.75) is 6.92 Å². The van der Waals surface area contributed by atoms with Crippen molar-refractivity contribution in [1.29, 1.82) is 0 Å². The molecule has 0 saturated heterocycles. The molecular formula is C8H7ClINO. The molecule has 0 spiro atoms. The van der Waals surface area contributed by atoms with Crippen LogP contribution in [0.2, 0.25) is 5.02 Å². The molecule has 0 bridgehead atoms. The number of amides is 1. The first-order valence-corrected chi connectivity index (χ1v) is 4.73. The average molecular weight is 296 g/mol. The Kier molecular flexibility index (Phi) is 2.95. The summed E-state index contributed by atoms with van der Waals surface area (Å²) in [5, 5.41) is 0.417. The second-order valence-electron chi connectivity index (χ2n) is 2.45. The first-order chi connectivity index (χ1) is 5.52. The molecule has 1 rings (SSSR count). The highest BCUT2D eigenvalue weighted by atomic mass is 127. The van der Waals surface area contributed by atoms with E-state index in [9.17, 15) is 4.79 Å². The quantitative estimate of drug-likeness (QED) is 0.794. The third kappa shape index (κ3) is 1.90. The predicted molar refractivity (Wildman–Crippen MR) is 57.4 cm³/mol. The van der Waals surface area contributed by atoms with Gasteiger partial charge in [-0.3, -0.25) is 4.79 Å². The molecule has 0 radical (unpaired) electrons. The van der Waals surface area contributed by atoms with Crippen LogP contribution in [-0.2, 0) is 0 Å². The van der Waals surface area contributed by atoms with Crippen LogP contribution >= 0.6 is 34.2 Å². The summed E-state index contributed by atoms with van der Waals surface area (Å²) in [5.41, 5.74) is 6.53. The second kappa shape index (κ2) is 3.62. The minimum Gasteiger partial charge on any atom is -0.366 e. The zero-order valence-electron chi connectivity index (χ0n) is 6.40. The molecule has 0 aliphatic carbocycles. The molecule has 1 amide bonds. The van der Waals surface area contributed by atoms with E-state index >= 15 is 0 Å². The number of aryl methyl sites for hydroxylation is 1. The van der Waals surface area contributed by atoms with Gasteiger partial charge < -0.3 is 5.73 Å². The highest BCUT2D eigenvalue weighted by Gasteiger charge is 2.08. The molecule has 2 N–H and O–H groups in total. The summed E-state index contributed by atoms with van der Waals surface area (Å²) in [4.78, 5) is 10.8. The molecule has 0 unspecified atom stereocenters. The third-order valence-corrected chi connectivity index (χ3v) is 2.99. The Morgan fingerprint density at radius 3 is 2.67 bits per heavy atom. The van der Waals surface area contributed by atoms with Crippen molar-refractivity contribution in [3.63, 3.8) is 0 Å². The molecule has 0 aromatic heterocycles. The molecule has 12 heavy (non-hydrogen) atoms. The van der Waals surface area contributed by atoms with Crippen LogP contribution in [-0.4, -0.2) is 5.91 Å². The first-order valence-electron chi connectivity index (χ1n) is 3.28. The van der Waals surface area contributed by atoms with E-state index in [2.05, 4.69) is 22.6 Å². The molecule has 0 aliphatic heterocycles. The van der Waals surface area contributed by atoms with E-state index in [-0.39, 0.29) is 0 Å². The van der Waals surface area contributed by atoms with E-state index in [1.807, 2.05) is 6.92 Å². The highest BCUT2D eigenvalue weighted by molar-refractivity contribution is 14.1. The predicted octanol–water partition coefficient (Wildman–Crippen LogP) is 2.35. The Morgan fingerprint density at radius 1 is 1.58 bits per heavy atom. The Bertz CT molecular complexity index is 338. The molecule has 0 saturated carbocycles. The van der Waals surface area contributed by atoms with Crippen molar-refractivity contribution < 1.29 is 4.79 Å². The number of nitrogens with two attached hydrogens (primary N) is 1. The molecule has 2 nitrogen and oxygen atoms in total. The number of benzene rings is 1. The van der Waals surface area contributed by atoms with Gasteiger partial charge in [-0.2, -0.15) is 0 Å². The van der Waals surface area contributed by atoms with Crippen molar-refractivity contribution in [2.24, 2.45) is 5.73 Å². The number of rotatable bonds is 1. The smallest absolute Gasteiger partial charge is 0.250 e. The van der Waals surface area contributed by atoms with E-state index in [0.717, 1.165) is 9.13 Å². The maximum absolute atomic E-state index is 10.8. The molecule has 0 atom stereocenters. The van der Waals surface area contributed by atoms with Gasteiger partial charge in [-0.1, -0.05) is 11.6 Å². The van der Waals surface area contributed by atoms with E-state index < -0.39 is 5.91 Å². The fourth-order valence-corrected chi connectivity index (χ4v) is 1.61. The van der Waals surface area contributed by atoms with E-state index in [4.69, 9.17) is 17.3 Å². The van der Waals surface area contributed by atoms with Crippen molar-refractivity contribution in [2.75, 3.05) is 0 Å². The number of hydrogen-bond donors (Lipinski definition) is 1. The topological polar surface area (TPSA) is 43.1 Å². The summed E-state index contributed by atoms with van der Waals surface area (Å²) in [6.45, 7) is 1.93. The van der Waals surface area contributed by atoms with Crippen molar-refractivity contribution in [3.8, 4) is 0 Å². The molecule has 1 aromatic carbocycles. The minimum atomic E-state index is -0.488. The third-order valence-electron chi connectivity index (χ3n) is 1.51. The Morgan fingerprint density at radius 2 is 2.17 bits per heavy atom. The van der Waals surface area contributed by atoms with Crippen molar-refractivity contribution >= 4 is 40.1 Å². The Hall–Kier alpha value is -0.290. The molecule has 1 aromatic rings. The van der Waals surface area contributed by atoms with Gasteiger partial charge in [0, 0.05) is 3.57 Å². The van der Waals surface area contributed by atoms with Crippen molar-refractivity contribution in [1.82, 2.24) is 0 Å². The summed E-state index contributed by atoms with van der Waals surface area (Å²) < 4.78 is 0.991. The van der Waals surface area contributed by atoms with Crippen LogP contribution in [0.25, 0.3) is 0 Å². The van der Waals surface area contributed by atoms with Gasteiger partial charge in [0.05, 0.1) is 10.6 Å². The van der Waals surface area contributed by atoms with Gasteiger partial charge in [0.2, 0.25) is 5.91 Å². The molecular weight excluding hydrogens is 288 g/mol. The number of carbonyl (C=O) groups is 1. The van der Waals surface area contributed by atoms with Crippen LogP contribution in [0.5, 0.6) is 0 Å². The van der Waals surface area contributed by atoms with Crippen molar-refractivity contribution in [3.05, 3.63) is 31.9 Å². The second-order valence-corrected chi connectivity index (χ2v) is 4.01. The molecule has 0 fully saturated rings. The minimum absolute atomic E-state index is 0.381. The lowest BCUT2D eigenvalue weighted by molar-refractivity contribution is 0.100. The standard InChI is InChI=1S/C8H7ClINO/c1-4-2-6(9)5(8(11)12)3-7(4)10/h2-3H,1H3,(H2,11,12). The zero-order valence-corrected chi connectivity index (χ0v) is 9.31. The number of carbonyl (C=O) groups excluding carboxylic acids is 1. The monoisotopic (exact) mass is 295 g/mol. The van der Waals surface area contributed by atoms with Crippen LogP contribution in [0.4, 0.5) is 0 Å². The molecule has 64 valence electrons. The summed E-state index contributed by atoms with van der Waals surface area (Å²) in [7, 11) is 0. The maximum atomic E-state index is 10.8.